The number of hydrogen-bond acceptors (Lipinski definition) is 3. The molecule has 1 aromatic heterocycles. The summed E-state index contributed by atoms with van der Waals surface area (Å²) >= 11 is 3.16. The normalized spacial score (nSPS) is 20.9. The molecule has 0 aliphatic heterocycles. The molecular weight excluding hydrogens is 334 g/mol. The molecule has 0 saturated heterocycles. The summed E-state index contributed by atoms with van der Waals surface area (Å²) in [4.78, 5) is 12.0. The summed E-state index contributed by atoms with van der Waals surface area (Å²) in [5, 5.41) is 13.4. The van der Waals surface area contributed by atoms with E-state index < -0.39 is 5.60 Å². The molecule has 0 radical (unpaired) electrons. The van der Waals surface area contributed by atoms with Gasteiger partial charge in [-0.25, -0.2) is 0 Å². The van der Waals surface area contributed by atoms with Crippen LogP contribution in [0.15, 0.2) is 45.5 Å². The fraction of sp³-hybridized carbons (Fsp3) is 0.312. The number of carbonyl (C=O) groups is 1. The first-order chi connectivity index (χ1) is 10.1. The third-order valence-electron chi connectivity index (χ3n) is 3.87. The van der Waals surface area contributed by atoms with Crippen LogP contribution < -0.4 is 5.32 Å². The quantitative estimate of drug-likeness (QED) is 0.895. The summed E-state index contributed by atoms with van der Waals surface area (Å²) in [6, 6.07) is 11.4. The number of hydrogen-bond donors (Lipinski definition) is 2. The lowest BCUT2D eigenvalue weighted by atomic mass is 9.80. The van der Waals surface area contributed by atoms with Crippen molar-refractivity contribution in [1.29, 1.82) is 0 Å². The van der Waals surface area contributed by atoms with Crippen molar-refractivity contribution >= 4 is 21.8 Å². The summed E-state index contributed by atoms with van der Waals surface area (Å²) in [5.74, 6) is -0.0744. The van der Waals surface area contributed by atoms with Crippen molar-refractivity contribution in [1.82, 2.24) is 5.32 Å². The largest absolute Gasteiger partial charge is 0.444 e. The Bertz CT molecular complexity index is 667. The van der Waals surface area contributed by atoms with E-state index in [2.05, 4.69) is 27.3 Å². The van der Waals surface area contributed by atoms with Gasteiger partial charge in [0.25, 0.3) is 5.91 Å². The molecule has 0 saturated carbocycles. The molecule has 0 unspecified atom stereocenters. The number of furan rings is 1. The molecule has 21 heavy (non-hydrogen) atoms. The number of benzene rings is 1. The second-order valence-corrected chi connectivity index (χ2v) is 6.24. The molecule has 2 N–H and O–H groups in total. The maximum atomic E-state index is 12.0. The highest BCUT2D eigenvalue weighted by Crippen LogP contribution is 2.28. The smallest absolute Gasteiger partial charge is 0.287 e. The van der Waals surface area contributed by atoms with E-state index in [0.717, 1.165) is 12.0 Å². The molecule has 3 rings (SSSR count). The summed E-state index contributed by atoms with van der Waals surface area (Å²) in [5.41, 5.74) is 1.54. The Labute approximate surface area is 131 Å². The highest BCUT2D eigenvalue weighted by molar-refractivity contribution is 9.10. The van der Waals surface area contributed by atoms with Crippen molar-refractivity contribution in [3.63, 3.8) is 0 Å². The zero-order valence-corrected chi connectivity index (χ0v) is 13.0. The molecule has 0 fully saturated rings. The Morgan fingerprint density at radius 1 is 1.29 bits per heavy atom. The fourth-order valence-electron chi connectivity index (χ4n) is 2.70. The number of carbonyl (C=O) groups excluding carboxylic acids is 1. The van der Waals surface area contributed by atoms with Crippen molar-refractivity contribution in [3.05, 3.63) is 58.0 Å². The number of rotatable bonds is 3. The third-order valence-corrected chi connectivity index (χ3v) is 4.30. The van der Waals surface area contributed by atoms with Gasteiger partial charge in [-0.05, 0) is 52.0 Å². The summed E-state index contributed by atoms with van der Waals surface area (Å²) < 4.78 is 5.71. The summed E-state index contributed by atoms with van der Waals surface area (Å²) in [7, 11) is 0. The van der Waals surface area contributed by atoms with E-state index in [1.807, 2.05) is 18.2 Å². The Morgan fingerprint density at radius 3 is 2.76 bits per heavy atom. The number of aryl methyl sites for hydroxylation is 1. The molecule has 1 heterocycles. The van der Waals surface area contributed by atoms with Gasteiger partial charge < -0.3 is 14.8 Å². The van der Waals surface area contributed by atoms with E-state index in [4.69, 9.17) is 4.42 Å². The Balaban J connectivity index is 1.64. The van der Waals surface area contributed by atoms with Gasteiger partial charge >= 0.3 is 0 Å². The van der Waals surface area contributed by atoms with Gasteiger partial charge in [0, 0.05) is 13.0 Å². The van der Waals surface area contributed by atoms with Gasteiger partial charge in [0.1, 0.15) is 0 Å². The zero-order chi connectivity index (χ0) is 14.9. The SMILES string of the molecule is O=C(NC[C@]1(O)CCc2ccccc2C1)c1ccc(Br)o1. The second kappa shape index (κ2) is 5.66. The minimum Gasteiger partial charge on any atom is -0.444 e. The highest BCUT2D eigenvalue weighted by atomic mass is 79.9. The third kappa shape index (κ3) is 3.19. The van der Waals surface area contributed by atoms with E-state index in [0.29, 0.717) is 17.5 Å². The second-order valence-electron chi connectivity index (χ2n) is 5.46. The highest BCUT2D eigenvalue weighted by Gasteiger charge is 2.32. The van der Waals surface area contributed by atoms with Crippen LogP contribution in [-0.4, -0.2) is 23.2 Å². The van der Waals surface area contributed by atoms with Crippen LogP contribution in [0.5, 0.6) is 0 Å². The number of amides is 1. The van der Waals surface area contributed by atoms with Gasteiger partial charge in [0.05, 0.1) is 5.60 Å². The van der Waals surface area contributed by atoms with Crippen LogP contribution in [0.3, 0.4) is 0 Å². The zero-order valence-electron chi connectivity index (χ0n) is 11.4. The van der Waals surface area contributed by atoms with E-state index in [1.54, 1.807) is 12.1 Å². The van der Waals surface area contributed by atoms with Crippen LogP contribution in [0.2, 0.25) is 0 Å². The first-order valence-electron chi connectivity index (χ1n) is 6.88. The van der Waals surface area contributed by atoms with Crippen molar-refractivity contribution in [2.24, 2.45) is 0 Å². The van der Waals surface area contributed by atoms with Crippen molar-refractivity contribution in [2.75, 3.05) is 6.54 Å². The van der Waals surface area contributed by atoms with Gasteiger partial charge in [0.15, 0.2) is 10.4 Å². The first-order valence-corrected chi connectivity index (χ1v) is 7.68. The summed E-state index contributed by atoms with van der Waals surface area (Å²) in [6.07, 6.45) is 2.03. The number of aliphatic hydroxyl groups is 1. The van der Waals surface area contributed by atoms with Crippen molar-refractivity contribution in [3.8, 4) is 0 Å². The Kier molecular flexibility index (Phi) is 3.87. The molecule has 1 amide bonds. The van der Waals surface area contributed by atoms with Crippen LogP contribution >= 0.6 is 15.9 Å². The lowest BCUT2D eigenvalue weighted by molar-refractivity contribution is 0.0256. The Hall–Kier alpha value is -1.59. The molecular formula is C16H16BrNO3. The number of halogens is 1. The average Bonchev–Trinajstić information content (AvgIpc) is 2.91. The molecule has 4 nitrogen and oxygen atoms in total. The molecule has 5 heteroatoms. The maximum Gasteiger partial charge on any atom is 0.287 e. The minimum absolute atomic E-state index is 0.221. The molecule has 0 bridgehead atoms. The predicted molar refractivity (Wildman–Crippen MR) is 82.2 cm³/mol. The van der Waals surface area contributed by atoms with Crippen LogP contribution in [0.1, 0.15) is 28.1 Å². The van der Waals surface area contributed by atoms with Gasteiger partial charge in [0.2, 0.25) is 0 Å². The van der Waals surface area contributed by atoms with Crippen LogP contribution in [-0.2, 0) is 12.8 Å². The Morgan fingerprint density at radius 2 is 2.05 bits per heavy atom. The molecule has 1 atom stereocenters. The van der Waals surface area contributed by atoms with E-state index in [9.17, 15) is 9.90 Å². The van der Waals surface area contributed by atoms with Gasteiger partial charge in [-0.15, -0.1) is 0 Å². The first kappa shape index (κ1) is 14.4. The van der Waals surface area contributed by atoms with Gasteiger partial charge in [-0.1, -0.05) is 24.3 Å². The molecule has 1 aromatic carbocycles. The van der Waals surface area contributed by atoms with Crippen LogP contribution in [0.4, 0.5) is 0 Å². The minimum atomic E-state index is -0.895. The molecule has 0 spiro atoms. The lowest BCUT2D eigenvalue weighted by Gasteiger charge is -2.33. The standard InChI is InChI=1S/C16H16BrNO3/c17-14-6-5-13(21-14)15(19)18-10-16(20)8-7-11-3-1-2-4-12(11)9-16/h1-6,20H,7-10H2,(H,18,19)/t16-/m0/s1. The van der Waals surface area contributed by atoms with Crippen molar-refractivity contribution < 1.29 is 14.3 Å². The molecule has 1 aliphatic carbocycles. The maximum absolute atomic E-state index is 12.0. The monoisotopic (exact) mass is 349 g/mol. The van der Waals surface area contributed by atoms with E-state index in [-0.39, 0.29) is 18.2 Å². The van der Waals surface area contributed by atoms with E-state index >= 15 is 0 Å². The van der Waals surface area contributed by atoms with Crippen LogP contribution in [0.25, 0.3) is 0 Å². The van der Waals surface area contributed by atoms with E-state index in [1.165, 1.54) is 5.56 Å². The van der Waals surface area contributed by atoms with Gasteiger partial charge in [-0.2, -0.15) is 0 Å². The average molecular weight is 350 g/mol. The summed E-state index contributed by atoms with van der Waals surface area (Å²) in [6.45, 7) is 0.221. The molecule has 110 valence electrons. The fourth-order valence-corrected chi connectivity index (χ4v) is 3.01. The molecule has 1 aliphatic rings. The van der Waals surface area contributed by atoms with Crippen LogP contribution in [0, 0.1) is 0 Å². The van der Waals surface area contributed by atoms with Crippen molar-refractivity contribution in [2.45, 2.75) is 24.9 Å². The van der Waals surface area contributed by atoms with Gasteiger partial charge in [-0.3, -0.25) is 4.79 Å². The number of nitrogens with one attached hydrogen (secondary N) is 1. The predicted octanol–water partition coefficient (Wildman–Crippen LogP) is 2.69. The number of fused-ring (bicyclic) bond motifs is 1. The molecule has 2 aromatic rings. The lowest BCUT2D eigenvalue weighted by Crippen LogP contribution is -2.46. The topological polar surface area (TPSA) is 62.5 Å².